The lowest BCUT2D eigenvalue weighted by Crippen LogP contribution is -2.76. The Balaban J connectivity index is 1.57. The summed E-state index contributed by atoms with van der Waals surface area (Å²) in [6.07, 6.45) is 4.04. The molecule has 4 fully saturated rings. The number of ether oxygens (including phenoxy) is 1. The molecule has 2 saturated carbocycles. The molecule has 2 saturated heterocycles. The van der Waals surface area contributed by atoms with Gasteiger partial charge >= 0.3 is 0 Å². The van der Waals surface area contributed by atoms with Crippen molar-refractivity contribution in [1.29, 1.82) is 0 Å². The summed E-state index contributed by atoms with van der Waals surface area (Å²) in [6, 6.07) is 7.55. The maximum absolute atomic E-state index is 12.3. The molecule has 0 aromatic heterocycles. The second-order valence-electron chi connectivity index (χ2n) is 7.09. The fraction of sp³-hybridized carbons (Fsp3) is 0.588. The normalized spacial score (nSPS) is 45.5. The SMILES string of the molecule is O=C1[C@@H](Cl)[C@]2(c3ccc(Cl)cc3)O[C@H]3[C@@H]4CC[C@@H](C4)[C@H]3CN12. The van der Waals surface area contributed by atoms with Crippen LogP contribution in [0.2, 0.25) is 5.02 Å². The first kappa shape index (κ1) is 13.6. The van der Waals surface area contributed by atoms with Gasteiger partial charge in [0.2, 0.25) is 5.91 Å². The van der Waals surface area contributed by atoms with Gasteiger partial charge in [-0.1, -0.05) is 23.7 Å². The average molecular weight is 338 g/mol. The number of amides is 1. The number of nitrogens with zero attached hydrogens (tertiary/aromatic N) is 1. The third-order valence-corrected chi connectivity index (χ3v) is 6.93. The lowest BCUT2D eigenvalue weighted by Gasteiger charge is -2.61. The van der Waals surface area contributed by atoms with E-state index in [0.717, 1.165) is 18.0 Å². The molecule has 6 atom stereocenters. The predicted octanol–water partition coefficient (Wildman–Crippen LogP) is 3.39. The fourth-order valence-electron chi connectivity index (χ4n) is 5.16. The molecule has 1 aromatic rings. The van der Waals surface area contributed by atoms with Crippen LogP contribution in [0.25, 0.3) is 0 Å². The average Bonchev–Trinajstić information content (AvgIpc) is 3.15. The van der Waals surface area contributed by atoms with Crippen LogP contribution in [0, 0.1) is 17.8 Å². The summed E-state index contributed by atoms with van der Waals surface area (Å²) in [7, 11) is 0. The molecule has 5 rings (SSSR count). The Hall–Kier alpha value is -0.770. The Morgan fingerprint density at radius 3 is 2.68 bits per heavy atom. The van der Waals surface area contributed by atoms with E-state index in [4.69, 9.17) is 27.9 Å². The summed E-state index contributed by atoms with van der Waals surface area (Å²) in [4.78, 5) is 14.2. The largest absolute Gasteiger partial charge is 0.345 e. The fourth-order valence-corrected chi connectivity index (χ4v) is 5.70. The number of β-lactam (4-membered cyclic amide) rings is 1. The van der Waals surface area contributed by atoms with Crippen LogP contribution in [0.1, 0.15) is 24.8 Å². The summed E-state index contributed by atoms with van der Waals surface area (Å²) in [5, 5.41) is 0.0471. The molecule has 2 heterocycles. The zero-order valence-corrected chi connectivity index (χ0v) is 13.6. The highest BCUT2D eigenvalue weighted by Gasteiger charge is 2.68. The summed E-state index contributed by atoms with van der Waals surface area (Å²) in [5.41, 5.74) is 0.159. The topological polar surface area (TPSA) is 29.5 Å². The van der Waals surface area contributed by atoms with E-state index in [1.165, 1.54) is 19.3 Å². The number of fused-ring (bicyclic) bond motifs is 6. The van der Waals surface area contributed by atoms with E-state index in [1.54, 1.807) is 0 Å². The van der Waals surface area contributed by atoms with Gasteiger partial charge in [0.1, 0.15) is 0 Å². The van der Waals surface area contributed by atoms with Crippen molar-refractivity contribution in [2.45, 2.75) is 36.5 Å². The second kappa shape index (κ2) is 4.40. The molecule has 2 aliphatic heterocycles. The van der Waals surface area contributed by atoms with Gasteiger partial charge in [-0.2, -0.15) is 0 Å². The van der Waals surface area contributed by atoms with E-state index in [9.17, 15) is 4.79 Å². The van der Waals surface area contributed by atoms with Crippen LogP contribution in [0.15, 0.2) is 24.3 Å². The summed E-state index contributed by atoms with van der Waals surface area (Å²) >= 11 is 12.4. The highest BCUT2D eigenvalue weighted by atomic mass is 35.5. The summed E-state index contributed by atoms with van der Waals surface area (Å²) < 4.78 is 6.57. The monoisotopic (exact) mass is 337 g/mol. The van der Waals surface area contributed by atoms with Crippen LogP contribution >= 0.6 is 23.2 Å². The lowest BCUT2D eigenvalue weighted by molar-refractivity contribution is -0.283. The molecule has 3 nitrogen and oxygen atoms in total. The van der Waals surface area contributed by atoms with E-state index < -0.39 is 11.1 Å². The molecule has 1 aromatic carbocycles. The van der Waals surface area contributed by atoms with Crippen LogP contribution in [0.3, 0.4) is 0 Å². The number of halogens is 2. The van der Waals surface area contributed by atoms with Crippen molar-refractivity contribution in [3.63, 3.8) is 0 Å². The first-order valence-corrected chi connectivity index (χ1v) is 8.82. The van der Waals surface area contributed by atoms with Crippen molar-refractivity contribution in [2.75, 3.05) is 6.54 Å². The van der Waals surface area contributed by atoms with E-state index in [2.05, 4.69) is 0 Å². The van der Waals surface area contributed by atoms with Gasteiger partial charge in [-0.25, -0.2) is 0 Å². The van der Waals surface area contributed by atoms with E-state index in [0.29, 0.717) is 16.9 Å². The first-order chi connectivity index (χ1) is 10.6. The minimum absolute atomic E-state index is 0.00200. The van der Waals surface area contributed by atoms with Crippen molar-refractivity contribution >= 4 is 29.1 Å². The predicted molar refractivity (Wildman–Crippen MR) is 83.7 cm³/mol. The molecule has 116 valence electrons. The van der Waals surface area contributed by atoms with Gasteiger partial charge in [0.25, 0.3) is 0 Å². The van der Waals surface area contributed by atoms with Crippen molar-refractivity contribution in [2.24, 2.45) is 17.8 Å². The second-order valence-corrected chi connectivity index (χ2v) is 7.97. The zero-order valence-electron chi connectivity index (χ0n) is 12.0. The third kappa shape index (κ3) is 1.50. The Bertz CT molecular complexity index is 649. The number of hydrogen-bond donors (Lipinski definition) is 0. The highest BCUT2D eigenvalue weighted by Crippen LogP contribution is 2.59. The lowest BCUT2D eigenvalue weighted by atomic mass is 9.78. The quantitative estimate of drug-likeness (QED) is 0.580. The van der Waals surface area contributed by atoms with Gasteiger partial charge in [0, 0.05) is 23.0 Å². The van der Waals surface area contributed by atoms with Crippen molar-refractivity contribution in [3.05, 3.63) is 34.9 Å². The molecule has 22 heavy (non-hydrogen) atoms. The minimum Gasteiger partial charge on any atom is -0.345 e. The Labute approximate surface area is 139 Å². The van der Waals surface area contributed by atoms with Gasteiger partial charge in [0.15, 0.2) is 11.1 Å². The first-order valence-electron chi connectivity index (χ1n) is 8.00. The van der Waals surface area contributed by atoms with Crippen LogP contribution in [0.5, 0.6) is 0 Å². The zero-order chi connectivity index (χ0) is 15.1. The smallest absolute Gasteiger partial charge is 0.248 e. The molecule has 4 aliphatic rings. The van der Waals surface area contributed by atoms with Crippen LogP contribution in [0.4, 0.5) is 0 Å². The van der Waals surface area contributed by atoms with E-state index in [1.807, 2.05) is 29.2 Å². The number of hydrogen-bond acceptors (Lipinski definition) is 2. The van der Waals surface area contributed by atoms with Gasteiger partial charge in [0.05, 0.1) is 6.10 Å². The maximum atomic E-state index is 12.3. The highest BCUT2D eigenvalue weighted by molar-refractivity contribution is 6.34. The van der Waals surface area contributed by atoms with Gasteiger partial charge < -0.3 is 9.64 Å². The molecule has 0 spiro atoms. The molecule has 0 N–H and O–H groups in total. The van der Waals surface area contributed by atoms with Crippen molar-refractivity contribution in [1.82, 2.24) is 4.90 Å². The third-order valence-electron chi connectivity index (χ3n) is 6.20. The molecular weight excluding hydrogens is 321 g/mol. The van der Waals surface area contributed by atoms with Crippen molar-refractivity contribution < 1.29 is 9.53 Å². The Morgan fingerprint density at radius 2 is 1.91 bits per heavy atom. The molecule has 2 bridgehead atoms. The number of carbonyl (C=O) groups is 1. The van der Waals surface area contributed by atoms with Gasteiger partial charge in [-0.05, 0) is 43.2 Å². The standard InChI is InChI=1S/C17H17Cl2NO2/c18-12-5-3-11(4-6-12)17-15(19)16(21)20(17)8-13-9-1-2-10(7-9)14(13)22-17/h3-6,9-10,13-15H,1-2,7-8H2/t9-,10+,13+,14-,15+,17-/m0/s1. The van der Waals surface area contributed by atoms with Crippen LogP contribution in [-0.2, 0) is 15.3 Å². The number of alkyl halides is 1. The number of benzene rings is 1. The molecule has 2 aliphatic carbocycles. The van der Waals surface area contributed by atoms with E-state index >= 15 is 0 Å². The van der Waals surface area contributed by atoms with Crippen molar-refractivity contribution in [3.8, 4) is 0 Å². The number of carbonyl (C=O) groups excluding carboxylic acids is 1. The number of rotatable bonds is 1. The summed E-state index contributed by atoms with van der Waals surface area (Å²) in [6.45, 7) is 0.788. The van der Waals surface area contributed by atoms with E-state index in [-0.39, 0.29) is 12.0 Å². The Morgan fingerprint density at radius 1 is 1.18 bits per heavy atom. The molecule has 1 amide bonds. The molecule has 0 unspecified atom stereocenters. The maximum Gasteiger partial charge on any atom is 0.248 e. The van der Waals surface area contributed by atoms with Gasteiger partial charge in [-0.3, -0.25) is 4.79 Å². The minimum atomic E-state index is -0.783. The van der Waals surface area contributed by atoms with Crippen LogP contribution < -0.4 is 0 Å². The molecular formula is C17H17Cl2NO2. The Kier molecular flexibility index (Phi) is 2.73. The van der Waals surface area contributed by atoms with Gasteiger partial charge in [-0.15, -0.1) is 11.6 Å². The molecule has 5 heteroatoms. The summed E-state index contributed by atoms with van der Waals surface area (Å²) in [5.74, 6) is 1.85. The molecule has 0 radical (unpaired) electrons. The van der Waals surface area contributed by atoms with Crippen LogP contribution in [-0.4, -0.2) is 28.8 Å².